The fourth-order valence-electron chi connectivity index (χ4n) is 2.93. The maximum Gasteiger partial charge on any atom is 0.223 e. The van der Waals surface area contributed by atoms with Gasteiger partial charge in [-0.3, -0.25) is 4.79 Å². The zero-order chi connectivity index (χ0) is 14.1. The number of hydrogen-bond donors (Lipinski definition) is 1. The average Bonchev–Trinajstić information content (AvgIpc) is 3.18. The molecule has 0 radical (unpaired) electrons. The van der Waals surface area contributed by atoms with Crippen molar-refractivity contribution in [3.05, 3.63) is 30.1 Å². The molecule has 3 nitrogen and oxygen atoms in total. The Morgan fingerprint density at radius 1 is 1.25 bits per heavy atom. The third-order valence-corrected chi connectivity index (χ3v) is 4.48. The monoisotopic (exact) mass is 276 g/mol. The van der Waals surface area contributed by atoms with Gasteiger partial charge in [-0.2, -0.15) is 0 Å². The van der Waals surface area contributed by atoms with Crippen molar-refractivity contribution < 1.29 is 9.18 Å². The predicted molar refractivity (Wildman–Crippen MR) is 77.0 cm³/mol. The van der Waals surface area contributed by atoms with Gasteiger partial charge in [0.1, 0.15) is 5.82 Å². The van der Waals surface area contributed by atoms with Crippen LogP contribution in [-0.2, 0) is 4.79 Å². The number of hydrogen-bond acceptors (Lipinski definition) is 2. The average molecular weight is 276 g/mol. The van der Waals surface area contributed by atoms with E-state index in [2.05, 4.69) is 17.1 Å². The number of rotatable bonds is 3. The van der Waals surface area contributed by atoms with Crippen LogP contribution in [0.1, 0.15) is 26.2 Å². The standard InChI is InChI=1S/C16H21FN2O/c1-11-10-15(11)16(20)18-13-6-8-19(9-7-13)14-4-2-12(17)3-5-14/h2-5,11,13,15H,6-10H2,1H3,(H,18,20)/t11-,15-/m1/s1. The SMILES string of the molecule is C[C@@H]1C[C@H]1C(=O)NC1CCN(c2ccc(F)cc2)CC1. The van der Waals surface area contributed by atoms with E-state index in [1.54, 1.807) is 0 Å². The highest BCUT2D eigenvalue weighted by Crippen LogP contribution is 2.37. The van der Waals surface area contributed by atoms with E-state index in [1.165, 1.54) is 12.1 Å². The lowest BCUT2D eigenvalue weighted by Gasteiger charge is -2.34. The number of carbonyl (C=O) groups excluding carboxylic acids is 1. The number of piperidine rings is 1. The minimum atomic E-state index is -0.200. The van der Waals surface area contributed by atoms with Gasteiger partial charge in [-0.15, -0.1) is 0 Å². The van der Waals surface area contributed by atoms with Gasteiger partial charge in [0.25, 0.3) is 0 Å². The van der Waals surface area contributed by atoms with Crippen molar-refractivity contribution in [2.75, 3.05) is 18.0 Å². The molecule has 1 aliphatic heterocycles. The van der Waals surface area contributed by atoms with Gasteiger partial charge in [0.05, 0.1) is 0 Å². The Bertz CT molecular complexity index is 480. The summed E-state index contributed by atoms with van der Waals surface area (Å²) < 4.78 is 12.9. The lowest BCUT2D eigenvalue weighted by molar-refractivity contribution is -0.123. The van der Waals surface area contributed by atoms with Crippen LogP contribution in [0.5, 0.6) is 0 Å². The van der Waals surface area contributed by atoms with E-state index in [0.717, 1.165) is 38.0 Å². The van der Waals surface area contributed by atoms with Crippen molar-refractivity contribution in [3.8, 4) is 0 Å². The first-order valence-electron chi connectivity index (χ1n) is 7.44. The molecule has 108 valence electrons. The van der Waals surface area contributed by atoms with E-state index in [1.807, 2.05) is 12.1 Å². The molecule has 1 saturated heterocycles. The minimum Gasteiger partial charge on any atom is -0.371 e. The molecule has 2 fully saturated rings. The van der Waals surface area contributed by atoms with Crippen LogP contribution in [0.2, 0.25) is 0 Å². The number of anilines is 1. The topological polar surface area (TPSA) is 32.3 Å². The number of nitrogens with one attached hydrogen (secondary N) is 1. The second kappa shape index (κ2) is 5.43. The van der Waals surface area contributed by atoms with Crippen LogP contribution in [0, 0.1) is 17.7 Å². The predicted octanol–water partition coefficient (Wildman–Crippen LogP) is 2.57. The van der Waals surface area contributed by atoms with Gasteiger partial charge in [0.2, 0.25) is 5.91 Å². The summed E-state index contributed by atoms with van der Waals surface area (Å²) >= 11 is 0. The molecular formula is C16H21FN2O. The number of carbonyl (C=O) groups is 1. The second-order valence-electron chi connectivity index (χ2n) is 6.07. The summed E-state index contributed by atoms with van der Waals surface area (Å²) in [6.45, 7) is 3.95. The van der Waals surface area contributed by atoms with Crippen LogP contribution in [0.3, 0.4) is 0 Å². The molecule has 20 heavy (non-hydrogen) atoms. The molecule has 0 aromatic heterocycles. The van der Waals surface area contributed by atoms with Crippen LogP contribution in [0.15, 0.2) is 24.3 Å². The van der Waals surface area contributed by atoms with E-state index in [9.17, 15) is 9.18 Å². The Morgan fingerprint density at radius 2 is 1.85 bits per heavy atom. The van der Waals surface area contributed by atoms with Gasteiger partial charge < -0.3 is 10.2 Å². The normalized spacial score (nSPS) is 26.4. The Kier molecular flexibility index (Phi) is 3.64. The molecule has 2 aliphatic rings. The Hall–Kier alpha value is -1.58. The zero-order valence-electron chi connectivity index (χ0n) is 11.8. The summed E-state index contributed by atoms with van der Waals surface area (Å²) in [5.41, 5.74) is 1.06. The number of amides is 1. The maximum absolute atomic E-state index is 12.9. The first-order valence-corrected chi connectivity index (χ1v) is 7.44. The highest BCUT2D eigenvalue weighted by molar-refractivity contribution is 5.81. The van der Waals surface area contributed by atoms with Gasteiger partial charge in [0, 0.05) is 30.7 Å². The number of benzene rings is 1. The second-order valence-corrected chi connectivity index (χ2v) is 6.07. The molecule has 1 heterocycles. The molecule has 1 saturated carbocycles. The molecule has 1 amide bonds. The molecule has 2 atom stereocenters. The number of halogens is 1. The Morgan fingerprint density at radius 3 is 2.40 bits per heavy atom. The summed E-state index contributed by atoms with van der Waals surface area (Å²) in [6.07, 6.45) is 2.97. The van der Waals surface area contributed by atoms with Crippen molar-refractivity contribution >= 4 is 11.6 Å². The van der Waals surface area contributed by atoms with Crippen molar-refractivity contribution in [1.82, 2.24) is 5.32 Å². The van der Waals surface area contributed by atoms with Crippen LogP contribution in [0.25, 0.3) is 0 Å². The van der Waals surface area contributed by atoms with Gasteiger partial charge >= 0.3 is 0 Å². The summed E-state index contributed by atoms with van der Waals surface area (Å²) in [5.74, 6) is 0.853. The van der Waals surface area contributed by atoms with E-state index in [-0.39, 0.29) is 17.6 Å². The molecule has 0 bridgehead atoms. The van der Waals surface area contributed by atoms with Gasteiger partial charge in [-0.25, -0.2) is 4.39 Å². The van der Waals surface area contributed by atoms with Gasteiger partial charge in [0.15, 0.2) is 0 Å². The quantitative estimate of drug-likeness (QED) is 0.920. The smallest absolute Gasteiger partial charge is 0.223 e. The first-order chi connectivity index (χ1) is 9.63. The van der Waals surface area contributed by atoms with Gasteiger partial charge in [-0.05, 0) is 49.4 Å². The fourth-order valence-corrected chi connectivity index (χ4v) is 2.93. The molecule has 4 heteroatoms. The third kappa shape index (κ3) is 2.94. The largest absolute Gasteiger partial charge is 0.371 e. The Labute approximate surface area is 119 Å². The molecular weight excluding hydrogens is 255 g/mol. The van der Waals surface area contributed by atoms with Crippen molar-refractivity contribution in [3.63, 3.8) is 0 Å². The van der Waals surface area contributed by atoms with Crippen LogP contribution < -0.4 is 10.2 Å². The minimum absolute atomic E-state index is 0.200. The maximum atomic E-state index is 12.9. The van der Waals surface area contributed by atoms with Crippen LogP contribution in [0.4, 0.5) is 10.1 Å². The number of nitrogens with zero attached hydrogens (tertiary/aromatic N) is 1. The third-order valence-electron chi connectivity index (χ3n) is 4.48. The summed E-state index contributed by atoms with van der Waals surface area (Å²) in [5, 5.41) is 3.17. The highest BCUT2D eigenvalue weighted by atomic mass is 19.1. The summed E-state index contributed by atoms with van der Waals surface area (Å²) in [6, 6.07) is 6.93. The molecule has 1 N–H and O–H groups in total. The first kappa shape index (κ1) is 13.4. The van der Waals surface area contributed by atoms with Crippen LogP contribution in [-0.4, -0.2) is 25.0 Å². The Balaban J connectivity index is 1.49. The van der Waals surface area contributed by atoms with E-state index in [0.29, 0.717) is 12.0 Å². The molecule has 0 spiro atoms. The molecule has 3 rings (SSSR count). The molecule has 1 aromatic rings. The fraction of sp³-hybridized carbons (Fsp3) is 0.562. The van der Waals surface area contributed by atoms with E-state index < -0.39 is 0 Å². The van der Waals surface area contributed by atoms with Crippen molar-refractivity contribution in [2.45, 2.75) is 32.2 Å². The van der Waals surface area contributed by atoms with E-state index >= 15 is 0 Å². The molecule has 1 aliphatic carbocycles. The molecule has 0 unspecified atom stereocenters. The lowest BCUT2D eigenvalue weighted by Crippen LogP contribution is -2.45. The van der Waals surface area contributed by atoms with E-state index in [4.69, 9.17) is 0 Å². The summed E-state index contributed by atoms with van der Waals surface area (Å²) in [4.78, 5) is 14.2. The molecule has 1 aromatic carbocycles. The van der Waals surface area contributed by atoms with Crippen molar-refractivity contribution in [1.29, 1.82) is 0 Å². The summed E-state index contributed by atoms with van der Waals surface area (Å²) in [7, 11) is 0. The van der Waals surface area contributed by atoms with Gasteiger partial charge in [-0.1, -0.05) is 6.92 Å². The zero-order valence-corrected chi connectivity index (χ0v) is 11.8. The highest BCUT2D eigenvalue weighted by Gasteiger charge is 2.39. The van der Waals surface area contributed by atoms with Crippen LogP contribution >= 0.6 is 0 Å². The van der Waals surface area contributed by atoms with Crippen molar-refractivity contribution in [2.24, 2.45) is 11.8 Å². The lowest BCUT2D eigenvalue weighted by atomic mass is 10.0.